The topological polar surface area (TPSA) is 93.9 Å². The number of pyridine rings is 1. The number of aromatic nitrogens is 3. The molecule has 3 rings (SSSR count). The molecule has 0 spiro atoms. The van der Waals surface area contributed by atoms with Gasteiger partial charge in [0, 0.05) is 34.0 Å². The third-order valence-electron chi connectivity index (χ3n) is 4.01. The fourth-order valence-electron chi connectivity index (χ4n) is 2.79. The molecule has 6 nitrogen and oxygen atoms in total. The quantitative estimate of drug-likeness (QED) is 0.530. The molecule has 3 aromatic rings. The molecule has 2 aromatic heterocycles. The van der Waals surface area contributed by atoms with Crippen LogP contribution >= 0.6 is 11.8 Å². The molecule has 0 atom stereocenters. The smallest absolute Gasteiger partial charge is 0.355 e. The van der Waals surface area contributed by atoms with E-state index in [1.807, 2.05) is 13.0 Å². The summed E-state index contributed by atoms with van der Waals surface area (Å²) in [7, 11) is 1.31. The minimum absolute atomic E-state index is 0.0710. The molecule has 1 aromatic carbocycles. The van der Waals surface area contributed by atoms with E-state index in [0.29, 0.717) is 10.7 Å². The number of H-pyrrole nitrogens is 1. The number of aromatic amines is 1. The van der Waals surface area contributed by atoms with Crippen LogP contribution in [0.15, 0.2) is 42.4 Å². The number of nitrogens with two attached hydrogens (primary N) is 1. The van der Waals surface area contributed by atoms with Crippen molar-refractivity contribution in [3.8, 4) is 0 Å². The Morgan fingerprint density at radius 3 is 2.85 bits per heavy atom. The molecule has 0 bridgehead atoms. The van der Waals surface area contributed by atoms with Crippen molar-refractivity contribution in [1.29, 1.82) is 0 Å². The number of esters is 1. The maximum atomic E-state index is 11.9. The van der Waals surface area contributed by atoms with E-state index in [9.17, 15) is 4.79 Å². The Balaban J connectivity index is 1.96. The lowest BCUT2D eigenvalue weighted by atomic mass is 10.1. The van der Waals surface area contributed by atoms with Crippen LogP contribution in [0, 0.1) is 13.8 Å². The van der Waals surface area contributed by atoms with Crippen LogP contribution in [-0.4, -0.2) is 28.3 Å². The van der Waals surface area contributed by atoms with Crippen molar-refractivity contribution in [1.82, 2.24) is 15.2 Å². The molecule has 0 radical (unpaired) electrons. The predicted molar refractivity (Wildman–Crippen MR) is 104 cm³/mol. The first kappa shape index (κ1) is 18.0. The number of hydrogen-bond acceptors (Lipinski definition) is 6. The van der Waals surface area contributed by atoms with Crippen LogP contribution in [0.4, 0.5) is 0 Å². The summed E-state index contributed by atoms with van der Waals surface area (Å²) in [5.41, 5.74) is 11.1. The van der Waals surface area contributed by atoms with Gasteiger partial charge in [0.25, 0.3) is 0 Å². The number of fused-ring (bicyclic) bond motifs is 1. The number of benzene rings is 1. The summed E-state index contributed by atoms with van der Waals surface area (Å²) >= 11 is 1.45. The van der Waals surface area contributed by atoms with Gasteiger partial charge in [-0.2, -0.15) is 5.10 Å². The number of aryl methyl sites for hydroxylation is 2. The molecule has 0 unspecified atom stereocenters. The maximum absolute atomic E-state index is 11.9. The van der Waals surface area contributed by atoms with Gasteiger partial charge in [0.05, 0.1) is 18.3 Å². The summed E-state index contributed by atoms with van der Waals surface area (Å²) in [6, 6.07) is 7.89. The fourth-order valence-corrected chi connectivity index (χ4v) is 3.83. The molecule has 2 heterocycles. The highest BCUT2D eigenvalue weighted by Crippen LogP contribution is 2.33. The second-order valence-corrected chi connectivity index (χ2v) is 6.93. The second-order valence-electron chi connectivity index (χ2n) is 5.94. The van der Waals surface area contributed by atoms with Crippen molar-refractivity contribution in [3.05, 3.63) is 64.7 Å². The SMILES string of the molecule is COC(=O)/C(N)=C(/SCc1[nH]nc2c(C)cc(C)cc12)c1cccnc1. The molecule has 0 aliphatic rings. The van der Waals surface area contributed by atoms with Crippen molar-refractivity contribution in [3.63, 3.8) is 0 Å². The average molecular weight is 368 g/mol. The van der Waals surface area contributed by atoms with Crippen LogP contribution in [0.5, 0.6) is 0 Å². The standard InChI is InChI=1S/C19H20N4O2S/c1-11-7-12(2)17-14(8-11)15(22-23-17)10-26-18(16(20)19(24)25-3)13-5-4-6-21-9-13/h4-9H,10,20H2,1-3H3,(H,22,23)/b18-16-. The van der Waals surface area contributed by atoms with E-state index in [1.54, 1.807) is 18.5 Å². The molecule has 3 N–H and O–H groups in total. The summed E-state index contributed by atoms with van der Waals surface area (Å²) in [4.78, 5) is 16.7. The fraction of sp³-hybridized carbons (Fsp3) is 0.211. The van der Waals surface area contributed by atoms with Crippen molar-refractivity contribution in [2.75, 3.05) is 7.11 Å². The highest BCUT2D eigenvalue weighted by molar-refractivity contribution is 8.07. The van der Waals surface area contributed by atoms with E-state index in [-0.39, 0.29) is 5.70 Å². The van der Waals surface area contributed by atoms with E-state index in [0.717, 1.165) is 27.7 Å². The summed E-state index contributed by atoms with van der Waals surface area (Å²) < 4.78 is 4.78. The van der Waals surface area contributed by atoms with Crippen molar-refractivity contribution in [2.45, 2.75) is 19.6 Å². The van der Waals surface area contributed by atoms with Gasteiger partial charge in [-0.25, -0.2) is 4.79 Å². The number of ether oxygens (including phenoxy) is 1. The number of rotatable bonds is 5. The van der Waals surface area contributed by atoms with Crippen LogP contribution in [0.2, 0.25) is 0 Å². The lowest BCUT2D eigenvalue weighted by molar-refractivity contribution is -0.136. The Morgan fingerprint density at radius 1 is 1.35 bits per heavy atom. The highest BCUT2D eigenvalue weighted by Gasteiger charge is 2.17. The van der Waals surface area contributed by atoms with Gasteiger partial charge in [-0.15, -0.1) is 11.8 Å². The minimum atomic E-state index is -0.558. The second kappa shape index (κ2) is 7.61. The van der Waals surface area contributed by atoms with Gasteiger partial charge in [0.15, 0.2) is 0 Å². The Labute approximate surface area is 155 Å². The summed E-state index contributed by atoms with van der Waals surface area (Å²) in [6.07, 6.45) is 3.35. The number of thioether (sulfide) groups is 1. The highest BCUT2D eigenvalue weighted by atomic mass is 32.2. The molecule has 0 aliphatic carbocycles. The zero-order valence-corrected chi connectivity index (χ0v) is 15.7. The number of hydrogen-bond donors (Lipinski definition) is 2. The Morgan fingerprint density at radius 2 is 2.15 bits per heavy atom. The number of carbonyl (C=O) groups excluding carboxylic acids is 1. The molecule has 26 heavy (non-hydrogen) atoms. The zero-order chi connectivity index (χ0) is 18.7. The molecular formula is C19H20N4O2S. The number of nitrogens with one attached hydrogen (secondary N) is 1. The van der Waals surface area contributed by atoms with Crippen molar-refractivity contribution >= 4 is 33.5 Å². The molecule has 0 saturated heterocycles. The molecule has 0 amide bonds. The first-order valence-corrected chi connectivity index (χ1v) is 9.05. The lowest BCUT2D eigenvalue weighted by Gasteiger charge is -2.10. The molecule has 7 heteroatoms. The summed E-state index contributed by atoms with van der Waals surface area (Å²) in [6.45, 7) is 4.11. The van der Waals surface area contributed by atoms with Gasteiger partial charge < -0.3 is 10.5 Å². The van der Waals surface area contributed by atoms with E-state index < -0.39 is 5.97 Å². The molecule has 0 fully saturated rings. The number of carbonyl (C=O) groups is 1. The molecule has 0 aliphatic heterocycles. The van der Waals surface area contributed by atoms with E-state index in [4.69, 9.17) is 10.5 Å². The first-order chi connectivity index (χ1) is 12.5. The van der Waals surface area contributed by atoms with Gasteiger partial charge in [0.1, 0.15) is 5.70 Å². The van der Waals surface area contributed by atoms with Gasteiger partial charge in [-0.05, 0) is 31.5 Å². The third kappa shape index (κ3) is 3.57. The van der Waals surface area contributed by atoms with Crippen LogP contribution in [-0.2, 0) is 15.3 Å². The third-order valence-corrected chi connectivity index (χ3v) is 5.18. The van der Waals surface area contributed by atoms with Gasteiger partial charge in [0.2, 0.25) is 0 Å². The molecular weight excluding hydrogens is 348 g/mol. The van der Waals surface area contributed by atoms with Crippen molar-refractivity contribution < 1.29 is 9.53 Å². The van der Waals surface area contributed by atoms with Crippen LogP contribution in [0.3, 0.4) is 0 Å². The Bertz CT molecular complexity index is 980. The van der Waals surface area contributed by atoms with Gasteiger partial charge in [-0.1, -0.05) is 17.7 Å². The predicted octanol–water partition coefficient (Wildman–Crippen LogP) is 3.31. The Hall–Kier alpha value is -2.80. The summed E-state index contributed by atoms with van der Waals surface area (Å²) in [5.74, 6) is 0.0268. The monoisotopic (exact) mass is 368 g/mol. The van der Waals surface area contributed by atoms with Crippen LogP contribution in [0.25, 0.3) is 15.8 Å². The first-order valence-electron chi connectivity index (χ1n) is 8.06. The average Bonchev–Trinajstić information content (AvgIpc) is 3.05. The van der Waals surface area contributed by atoms with Crippen molar-refractivity contribution in [2.24, 2.45) is 5.73 Å². The zero-order valence-electron chi connectivity index (χ0n) is 14.9. The van der Waals surface area contributed by atoms with E-state index >= 15 is 0 Å². The lowest BCUT2D eigenvalue weighted by Crippen LogP contribution is -2.14. The largest absolute Gasteiger partial charge is 0.464 e. The number of nitrogens with zero attached hydrogens (tertiary/aromatic N) is 2. The normalized spacial score (nSPS) is 12.1. The van der Waals surface area contributed by atoms with Gasteiger partial charge in [-0.3, -0.25) is 10.1 Å². The maximum Gasteiger partial charge on any atom is 0.355 e. The van der Waals surface area contributed by atoms with E-state index in [1.165, 1.54) is 24.4 Å². The number of methoxy groups -OCH3 is 1. The molecule has 134 valence electrons. The van der Waals surface area contributed by atoms with Crippen LogP contribution < -0.4 is 5.73 Å². The van der Waals surface area contributed by atoms with Crippen LogP contribution in [0.1, 0.15) is 22.4 Å². The van der Waals surface area contributed by atoms with Gasteiger partial charge >= 0.3 is 5.97 Å². The minimum Gasteiger partial charge on any atom is -0.464 e. The Kier molecular flexibility index (Phi) is 5.27. The molecule has 0 saturated carbocycles. The van der Waals surface area contributed by atoms with E-state index in [2.05, 4.69) is 34.2 Å². The summed E-state index contributed by atoms with van der Waals surface area (Å²) in [5, 5.41) is 8.60.